The predicted molar refractivity (Wildman–Crippen MR) is 143 cm³/mol. The van der Waals surface area contributed by atoms with Crippen molar-refractivity contribution in [3.05, 3.63) is 23.8 Å². The van der Waals surface area contributed by atoms with Crippen LogP contribution < -0.4 is 15.2 Å². The molecule has 4 atom stereocenters. The van der Waals surface area contributed by atoms with E-state index in [4.69, 9.17) is 29.4 Å². The van der Waals surface area contributed by atoms with Crippen LogP contribution in [-0.2, 0) is 30.2 Å². The SMILES string of the molecule is CCCC(=O)O[C@@H](C)CC(N)(Cc1ccc(OC(=O)OC(C)C(C)C)c(OC(=O)OC(C)C(C)C)c1)C(=O)O. The van der Waals surface area contributed by atoms with Crippen molar-refractivity contribution in [3.8, 4) is 11.5 Å². The first-order valence-corrected chi connectivity index (χ1v) is 13.2. The summed E-state index contributed by atoms with van der Waals surface area (Å²) in [7, 11) is 0. The van der Waals surface area contributed by atoms with E-state index in [-0.39, 0.29) is 42.6 Å². The lowest BCUT2D eigenvalue weighted by Crippen LogP contribution is -2.52. The van der Waals surface area contributed by atoms with Crippen molar-refractivity contribution in [2.45, 2.75) is 105 Å². The number of carbonyl (C=O) groups is 4. The fraction of sp³-hybridized carbons (Fsp3) is 0.643. The van der Waals surface area contributed by atoms with E-state index in [0.29, 0.717) is 12.0 Å². The van der Waals surface area contributed by atoms with Crippen LogP contribution in [0.2, 0.25) is 0 Å². The highest BCUT2D eigenvalue weighted by Crippen LogP contribution is 2.32. The number of aliphatic carboxylic acids is 1. The van der Waals surface area contributed by atoms with Gasteiger partial charge >= 0.3 is 24.2 Å². The molecule has 0 bridgehead atoms. The standard InChI is InChI=1S/C28H43NO10/c1-9-10-24(30)35-18(6)14-28(29,25(31)32)15-21-11-12-22(38-26(33)36-19(7)16(2)3)23(13-21)39-27(34)37-20(8)17(4)5/h11-13,16-20H,9-10,14-15,29H2,1-8H3,(H,31,32)/t18-,19?,20?,28?/m0/s1. The minimum atomic E-state index is -1.82. The predicted octanol–water partition coefficient (Wildman–Crippen LogP) is 5.25. The fourth-order valence-electron chi connectivity index (χ4n) is 3.27. The summed E-state index contributed by atoms with van der Waals surface area (Å²) >= 11 is 0. The molecule has 11 heteroatoms. The number of ether oxygens (including phenoxy) is 5. The van der Waals surface area contributed by atoms with Gasteiger partial charge in [-0.15, -0.1) is 0 Å². The number of rotatable bonds is 14. The summed E-state index contributed by atoms with van der Waals surface area (Å²) in [5.74, 6) is -2.00. The van der Waals surface area contributed by atoms with Gasteiger partial charge in [0.1, 0.15) is 23.9 Å². The lowest BCUT2D eigenvalue weighted by Gasteiger charge is -2.28. The molecule has 1 rings (SSSR count). The Morgan fingerprint density at radius 1 is 0.846 bits per heavy atom. The van der Waals surface area contributed by atoms with Gasteiger partial charge in [0.2, 0.25) is 0 Å². The Kier molecular flexibility index (Phi) is 13.2. The maximum atomic E-state index is 12.5. The largest absolute Gasteiger partial charge is 0.514 e. The second-order valence-electron chi connectivity index (χ2n) is 10.5. The van der Waals surface area contributed by atoms with Crippen molar-refractivity contribution in [2.24, 2.45) is 17.6 Å². The van der Waals surface area contributed by atoms with E-state index < -0.39 is 48.1 Å². The Balaban J connectivity index is 3.24. The van der Waals surface area contributed by atoms with Gasteiger partial charge in [0.25, 0.3) is 0 Å². The Morgan fingerprint density at radius 3 is 1.82 bits per heavy atom. The Morgan fingerprint density at radius 2 is 1.36 bits per heavy atom. The molecule has 39 heavy (non-hydrogen) atoms. The molecular formula is C28H43NO10. The molecule has 0 aliphatic heterocycles. The summed E-state index contributed by atoms with van der Waals surface area (Å²) in [4.78, 5) is 48.8. The number of carbonyl (C=O) groups excluding carboxylic acids is 3. The summed E-state index contributed by atoms with van der Waals surface area (Å²) in [6.07, 6.45) is -3.25. The van der Waals surface area contributed by atoms with Crippen LogP contribution in [0.4, 0.5) is 9.59 Å². The molecule has 0 saturated carbocycles. The summed E-state index contributed by atoms with van der Waals surface area (Å²) in [5, 5.41) is 9.89. The number of carboxylic acids is 1. The molecule has 0 fully saturated rings. The third-order valence-corrected chi connectivity index (χ3v) is 6.22. The molecular weight excluding hydrogens is 510 g/mol. The zero-order chi connectivity index (χ0) is 29.9. The number of hydrogen-bond donors (Lipinski definition) is 2. The van der Waals surface area contributed by atoms with Crippen molar-refractivity contribution < 1.29 is 48.0 Å². The molecule has 0 radical (unpaired) electrons. The minimum absolute atomic E-state index is 0.0222. The lowest BCUT2D eigenvalue weighted by atomic mass is 9.86. The molecule has 1 aromatic rings. The molecule has 3 N–H and O–H groups in total. The van der Waals surface area contributed by atoms with E-state index in [1.807, 2.05) is 34.6 Å². The molecule has 0 aromatic heterocycles. The molecule has 0 amide bonds. The molecule has 0 heterocycles. The number of benzene rings is 1. The average molecular weight is 554 g/mol. The van der Waals surface area contributed by atoms with Crippen molar-refractivity contribution in [1.82, 2.24) is 0 Å². The molecule has 0 aliphatic carbocycles. The van der Waals surface area contributed by atoms with E-state index in [0.717, 1.165) is 0 Å². The maximum Gasteiger partial charge on any atom is 0.514 e. The van der Waals surface area contributed by atoms with Gasteiger partial charge in [-0.1, -0.05) is 40.7 Å². The van der Waals surface area contributed by atoms with Crippen LogP contribution in [-0.4, -0.2) is 53.2 Å². The van der Waals surface area contributed by atoms with Crippen LogP contribution in [0.3, 0.4) is 0 Å². The molecule has 1 aromatic carbocycles. The van der Waals surface area contributed by atoms with Gasteiger partial charge in [0.15, 0.2) is 11.5 Å². The smallest absolute Gasteiger partial charge is 0.480 e. The van der Waals surface area contributed by atoms with Crippen molar-refractivity contribution >= 4 is 24.2 Å². The lowest BCUT2D eigenvalue weighted by molar-refractivity contribution is -0.153. The Labute approximate surface area is 230 Å². The Hall–Kier alpha value is -3.34. The second-order valence-corrected chi connectivity index (χ2v) is 10.5. The maximum absolute atomic E-state index is 12.5. The van der Waals surface area contributed by atoms with E-state index in [1.54, 1.807) is 20.8 Å². The zero-order valence-electron chi connectivity index (χ0n) is 24.1. The highest BCUT2D eigenvalue weighted by Gasteiger charge is 2.37. The second kappa shape index (κ2) is 15.3. The monoisotopic (exact) mass is 553 g/mol. The first-order valence-electron chi connectivity index (χ1n) is 13.2. The van der Waals surface area contributed by atoms with E-state index in [1.165, 1.54) is 18.2 Å². The number of nitrogens with two attached hydrogens (primary N) is 1. The third-order valence-electron chi connectivity index (χ3n) is 6.22. The third kappa shape index (κ3) is 11.5. The van der Waals surface area contributed by atoms with Gasteiger partial charge < -0.3 is 34.5 Å². The van der Waals surface area contributed by atoms with E-state index >= 15 is 0 Å². The minimum Gasteiger partial charge on any atom is -0.480 e. The zero-order valence-corrected chi connectivity index (χ0v) is 24.1. The van der Waals surface area contributed by atoms with Crippen LogP contribution >= 0.6 is 0 Å². The van der Waals surface area contributed by atoms with Crippen LogP contribution in [0, 0.1) is 11.8 Å². The first-order chi connectivity index (χ1) is 18.1. The summed E-state index contributed by atoms with van der Waals surface area (Å²) in [5.41, 5.74) is 4.80. The van der Waals surface area contributed by atoms with E-state index in [9.17, 15) is 24.3 Å². The molecule has 0 spiro atoms. The van der Waals surface area contributed by atoms with Gasteiger partial charge in [-0.05, 0) is 56.7 Å². The average Bonchev–Trinajstić information content (AvgIpc) is 2.80. The summed E-state index contributed by atoms with van der Waals surface area (Å²) in [6, 6.07) is 4.17. The fourth-order valence-corrected chi connectivity index (χ4v) is 3.27. The van der Waals surface area contributed by atoms with Gasteiger partial charge in [-0.3, -0.25) is 9.59 Å². The van der Waals surface area contributed by atoms with Crippen LogP contribution in [0.1, 0.15) is 80.2 Å². The van der Waals surface area contributed by atoms with Gasteiger partial charge in [-0.25, -0.2) is 9.59 Å². The van der Waals surface area contributed by atoms with Crippen LogP contribution in [0.25, 0.3) is 0 Å². The summed E-state index contributed by atoms with van der Waals surface area (Å²) in [6.45, 7) is 14.3. The number of hydrogen-bond acceptors (Lipinski definition) is 10. The highest BCUT2D eigenvalue weighted by atomic mass is 16.7. The van der Waals surface area contributed by atoms with Crippen molar-refractivity contribution in [1.29, 1.82) is 0 Å². The summed E-state index contributed by atoms with van der Waals surface area (Å²) < 4.78 is 26.4. The van der Waals surface area contributed by atoms with Gasteiger partial charge in [-0.2, -0.15) is 0 Å². The number of carboxylic acid groups (broad SMARTS) is 1. The Bertz CT molecular complexity index is 993. The number of esters is 1. The van der Waals surface area contributed by atoms with Crippen LogP contribution in [0.15, 0.2) is 18.2 Å². The molecule has 220 valence electrons. The molecule has 0 aliphatic rings. The van der Waals surface area contributed by atoms with Crippen molar-refractivity contribution in [3.63, 3.8) is 0 Å². The molecule has 0 saturated heterocycles. The highest BCUT2D eigenvalue weighted by molar-refractivity contribution is 5.79. The van der Waals surface area contributed by atoms with E-state index in [2.05, 4.69) is 0 Å². The van der Waals surface area contributed by atoms with Crippen LogP contribution in [0.5, 0.6) is 11.5 Å². The topological polar surface area (TPSA) is 161 Å². The molecule has 11 nitrogen and oxygen atoms in total. The van der Waals surface area contributed by atoms with Crippen molar-refractivity contribution in [2.75, 3.05) is 0 Å². The molecule has 3 unspecified atom stereocenters. The first kappa shape index (κ1) is 33.7. The quantitative estimate of drug-likeness (QED) is 0.176. The van der Waals surface area contributed by atoms with Gasteiger partial charge in [0, 0.05) is 19.3 Å². The normalized spacial score (nSPS) is 15.1. The van der Waals surface area contributed by atoms with Gasteiger partial charge in [0.05, 0.1) is 0 Å².